The van der Waals surface area contributed by atoms with E-state index in [0.717, 1.165) is 60.2 Å². The van der Waals surface area contributed by atoms with Gasteiger partial charge in [0, 0.05) is 54.4 Å². The van der Waals surface area contributed by atoms with Crippen LogP contribution < -0.4 is 20.9 Å². The number of nitrogens with one attached hydrogen (secondary N) is 3. The lowest BCUT2D eigenvalue weighted by atomic mass is 9.99. The number of hydrogen-bond acceptors (Lipinski definition) is 6. The molecular weight excluding hydrogens is 400 g/mol. The molecule has 0 aliphatic heterocycles. The number of aromatic amines is 1. The molecule has 0 saturated heterocycles. The van der Waals surface area contributed by atoms with E-state index in [1.165, 1.54) is 0 Å². The van der Waals surface area contributed by atoms with Gasteiger partial charge in [-0.2, -0.15) is 0 Å². The molecule has 5 N–H and O–H groups in total. The fraction of sp³-hybridized carbons (Fsp3) is 0.364. The van der Waals surface area contributed by atoms with Crippen molar-refractivity contribution < 1.29 is 19.7 Å². The SMILES string of the molecule is CNCCNCc1cc2cc3c(cc2n1C)CCCc1c-3[nH]c(=O)c(OC(=O)O)c1O. The highest BCUT2D eigenvalue weighted by Crippen LogP contribution is 2.40. The van der Waals surface area contributed by atoms with Crippen LogP contribution in [0.5, 0.6) is 11.5 Å². The molecule has 0 fully saturated rings. The van der Waals surface area contributed by atoms with Crippen molar-refractivity contribution in [3.63, 3.8) is 0 Å². The molecule has 0 unspecified atom stereocenters. The van der Waals surface area contributed by atoms with Crippen molar-refractivity contribution in [2.24, 2.45) is 7.05 Å². The molecule has 9 heteroatoms. The van der Waals surface area contributed by atoms with Gasteiger partial charge in [-0.15, -0.1) is 0 Å². The Hall–Kier alpha value is -3.30. The number of fused-ring (bicyclic) bond motifs is 4. The molecule has 0 bridgehead atoms. The lowest BCUT2D eigenvalue weighted by Gasteiger charge is -2.13. The van der Waals surface area contributed by atoms with Gasteiger partial charge < -0.3 is 35.1 Å². The zero-order chi connectivity index (χ0) is 22.1. The Morgan fingerprint density at radius 1 is 1.26 bits per heavy atom. The first kappa shape index (κ1) is 21.0. The number of pyridine rings is 1. The van der Waals surface area contributed by atoms with E-state index in [0.29, 0.717) is 17.7 Å². The van der Waals surface area contributed by atoms with E-state index in [1.807, 2.05) is 20.2 Å². The first-order chi connectivity index (χ1) is 14.9. The number of aromatic nitrogens is 2. The number of ether oxygens (including phenoxy) is 1. The third kappa shape index (κ3) is 3.89. The normalized spacial score (nSPS) is 13.0. The summed E-state index contributed by atoms with van der Waals surface area (Å²) in [4.78, 5) is 26.1. The van der Waals surface area contributed by atoms with E-state index in [4.69, 9.17) is 5.11 Å². The van der Waals surface area contributed by atoms with Crippen molar-refractivity contribution >= 4 is 17.1 Å². The van der Waals surface area contributed by atoms with Crippen LogP contribution in [-0.4, -0.2) is 46.1 Å². The van der Waals surface area contributed by atoms with Gasteiger partial charge in [0.1, 0.15) is 0 Å². The van der Waals surface area contributed by atoms with Gasteiger partial charge in [-0.25, -0.2) is 4.79 Å². The second-order valence-corrected chi connectivity index (χ2v) is 7.75. The second kappa shape index (κ2) is 8.44. The van der Waals surface area contributed by atoms with Gasteiger partial charge in [-0.3, -0.25) is 4.79 Å². The molecule has 2 heterocycles. The summed E-state index contributed by atoms with van der Waals surface area (Å²) in [6.45, 7) is 2.49. The average molecular weight is 426 g/mol. The van der Waals surface area contributed by atoms with Gasteiger partial charge in [0.15, 0.2) is 5.75 Å². The lowest BCUT2D eigenvalue weighted by molar-refractivity contribution is 0.142. The van der Waals surface area contributed by atoms with Crippen molar-refractivity contribution in [3.05, 3.63) is 45.4 Å². The molecule has 164 valence electrons. The maximum atomic E-state index is 12.4. The predicted octanol–water partition coefficient (Wildman–Crippen LogP) is 2.09. The van der Waals surface area contributed by atoms with Crippen LogP contribution in [0.1, 0.15) is 23.2 Å². The van der Waals surface area contributed by atoms with Crippen LogP contribution in [-0.2, 0) is 26.4 Å². The van der Waals surface area contributed by atoms with Crippen LogP contribution in [0.2, 0.25) is 0 Å². The maximum absolute atomic E-state index is 12.4. The van der Waals surface area contributed by atoms with Gasteiger partial charge in [-0.1, -0.05) is 0 Å². The van der Waals surface area contributed by atoms with Gasteiger partial charge in [-0.05, 0) is 50.1 Å². The molecule has 0 saturated carbocycles. The van der Waals surface area contributed by atoms with Crippen LogP contribution in [0, 0.1) is 0 Å². The van der Waals surface area contributed by atoms with Crippen LogP contribution >= 0.6 is 0 Å². The number of hydrogen-bond donors (Lipinski definition) is 5. The molecule has 0 spiro atoms. The number of aromatic hydroxyl groups is 1. The smallest absolute Gasteiger partial charge is 0.504 e. The summed E-state index contributed by atoms with van der Waals surface area (Å²) < 4.78 is 6.69. The molecule has 0 radical (unpaired) electrons. The molecule has 0 atom stereocenters. The molecule has 1 aliphatic carbocycles. The van der Waals surface area contributed by atoms with Crippen molar-refractivity contribution in [3.8, 4) is 22.8 Å². The highest BCUT2D eigenvalue weighted by molar-refractivity contribution is 5.89. The summed E-state index contributed by atoms with van der Waals surface area (Å²) in [7, 11) is 3.96. The minimum atomic E-state index is -1.64. The molecule has 31 heavy (non-hydrogen) atoms. The summed E-state index contributed by atoms with van der Waals surface area (Å²) in [5, 5.41) is 27.0. The third-order valence-corrected chi connectivity index (χ3v) is 5.80. The van der Waals surface area contributed by atoms with Gasteiger partial charge in [0.2, 0.25) is 5.75 Å². The molecule has 9 nitrogen and oxygen atoms in total. The van der Waals surface area contributed by atoms with Gasteiger partial charge >= 0.3 is 6.16 Å². The average Bonchev–Trinajstić information content (AvgIpc) is 2.92. The van der Waals surface area contributed by atoms with Crippen LogP contribution in [0.25, 0.3) is 22.2 Å². The van der Waals surface area contributed by atoms with E-state index in [2.05, 4.69) is 37.1 Å². The number of H-pyrrole nitrogens is 1. The topological polar surface area (TPSA) is 129 Å². The first-order valence-corrected chi connectivity index (χ1v) is 10.3. The number of aryl methyl sites for hydroxylation is 2. The fourth-order valence-electron chi connectivity index (χ4n) is 4.24. The molecule has 4 rings (SSSR count). The highest BCUT2D eigenvalue weighted by atomic mass is 16.7. The van der Waals surface area contributed by atoms with Crippen LogP contribution in [0.4, 0.5) is 4.79 Å². The summed E-state index contributed by atoms with van der Waals surface area (Å²) >= 11 is 0. The molecule has 0 amide bonds. The van der Waals surface area contributed by atoms with E-state index in [-0.39, 0.29) is 0 Å². The van der Waals surface area contributed by atoms with Crippen molar-refractivity contribution in [2.75, 3.05) is 20.1 Å². The third-order valence-electron chi connectivity index (χ3n) is 5.80. The van der Waals surface area contributed by atoms with E-state index < -0.39 is 23.2 Å². The first-order valence-electron chi connectivity index (χ1n) is 10.3. The number of nitrogens with zero attached hydrogens (tertiary/aromatic N) is 1. The zero-order valence-electron chi connectivity index (χ0n) is 17.5. The maximum Gasteiger partial charge on any atom is 0.511 e. The quantitative estimate of drug-likeness (QED) is 0.302. The van der Waals surface area contributed by atoms with Gasteiger partial charge in [0.05, 0.1) is 5.69 Å². The summed E-state index contributed by atoms with van der Waals surface area (Å²) in [5.74, 6) is -0.984. The van der Waals surface area contributed by atoms with Crippen molar-refractivity contribution in [1.82, 2.24) is 20.2 Å². The van der Waals surface area contributed by atoms with Crippen molar-refractivity contribution in [2.45, 2.75) is 25.8 Å². The molecule has 1 aliphatic rings. The van der Waals surface area contributed by atoms with E-state index >= 15 is 0 Å². The Bertz CT molecular complexity index is 1210. The molecular formula is C22H26N4O5. The predicted molar refractivity (Wildman–Crippen MR) is 117 cm³/mol. The minimum absolute atomic E-state index is 0.406. The monoisotopic (exact) mass is 426 g/mol. The number of carbonyl (C=O) groups is 1. The Morgan fingerprint density at radius 2 is 2.06 bits per heavy atom. The largest absolute Gasteiger partial charge is 0.511 e. The number of carboxylic acid groups (broad SMARTS) is 1. The molecule has 1 aromatic carbocycles. The number of benzene rings is 1. The standard InChI is InChI=1S/C22H26N4O5/c1-23-6-7-24-11-14-8-13-9-16-12(10-17(13)26(14)2)4-3-5-15-18(16)25-21(28)20(19(15)27)31-22(29)30/h8-10,23-24H,3-7,11H2,1-2H3,(H,29,30)(H2,25,27,28). The number of likely N-dealkylation sites (N-methyl/N-ethyl adjacent to an activating group) is 1. The Morgan fingerprint density at radius 3 is 2.81 bits per heavy atom. The summed E-state index contributed by atoms with van der Waals surface area (Å²) in [6.07, 6.45) is 0.383. The van der Waals surface area contributed by atoms with Gasteiger partial charge in [0.25, 0.3) is 5.56 Å². The zero-order valence-corrected chi connectivity index (χ0v) is 17.5. The fourth-order valence-corrected chi connectivity index (χ4v) is 4.24. The Labute approximate surface area is 178 Å². The molecule has 3 aromatic rings. The number of rotatable bonds is 6. The lowest BCUT2D eigenvalue weighted by Crippen LogP contribution is -2.25. The Balaban J connectivity index is 1.80. The summed E-state index contributed by atoms with van der Waals surface area (Å²) in [6, 6.07) is 6.28. The van der Waals surface area contributed by atoms with Crippen molar-refractivity contribution in [1.29, 1.82) is 0 Å². The van der Waals surface area contributed by atoms with Crippen LogP contribution in [0.3, 0.4) is 0 Å². The second-order valence-electron chi connectivity index (χ2n) is 7.75. The van der Waals surface area contributed by atoms with E-state index in [1.54, 1.807) is 0 Å². The highest BCUT2D eigenvalue weighted by Gasteiger charge is 2.25. The Kier molecular flexibility index (Phi) is 5.71. The molecule has 2 aromatic heterocycles. The van der Waals surface area contributed by atoms with Crippen LogP contribution in [0.15, 0.2) is 23.0 Å². The summed E-state index contributed by atoms with van der Waals surface area (Å²) in [5.41, 5.74) is 4.41. The minimum Gasteiger partial charge on any atom is -0.504 e. The van der Waals surface area contributed by atoms with E-state index in [9.17, 15) is 14.7 Å².